The van der Waals surface area contributed by atoms with E-state index in [0.29, 0.717) is 6.04 Å². The first kappa shape index (κ1) is 10.8. The van der Waals surface area contributed by atoms with Gasteiger partial charge in [-0.05, 0) is 31.9 Å². The van der Waals surface area contributed by atoms with E-state index in [-0.39, 0.29) is 0 Å². The second kappa shape index (κ2) is 4.86. The van der Waals surface area contributed by atoms with Gasteiger partial charge in [0.1, 0.15) is 5.82 Å². The molecule has 0 unspecified atom stereocenters. The van der Waals surface area contributed by atoms with Gasteiger partial charge in [-0.1, -0.05) is 6.07 Å². The fraction of sp³-hybridized carbons (Fsp3) is 0.545. The molecule has 1 N–H and O–H groups in total. The topological polar surface area (TPSA) is 28.2 Å². The second-order valence-corrected chi connectivity index (χ2v) is 4.58. The standard InChI is InChI=1S/C11H17N3S/c1-12-9-6-7-14(8-9)10-4-3-5-11(13-10)15-2/h3-5,9,12H,6-8H2,1-2H3/t9-/m0/s1. The Morgan fingerprint density at radius 1 is 1.53 bits per heavy atom. The van der Waals surface area contributed by atoms with Crippen LogP contribution < -0.4 is 10.2 Å². The molecule has 1 aromatic rings. The normalized spacial score (nSPS) is 20.9. The van der Waals surface area contributed by atoms with Crippen molar-refractivity contribution in [1.29, 1.82) is 0 Å². The van der Waals surface area contributed by atoms with E-state index in [9.17, 15) is 0 Å². The molecule has 15 heavy (non-hydrogen) atoms. The second-order valence-electron chi connectivity index (χ2n) is 3.76. The van der Waals surface area contributed by atoms with E-state index in [1.54, 1.807) is 11.8 Å². The van der Waals surface area contributed by atoms with E-state index in [1.807, 2.05) is 7.05 Å². The lowest BCUT2D eigenvalue weighted by atomic mass is 10.3. The van der Waals surface area contributed by atoms with Gasteiger partial charge in [-0.2, -0.15) is 0 Å². The van der Waals surface area contributed by atoms with Crippen LogP contribution >= 0.6 is 11.8 Å². The van der Waals surface area contributed by atoms with Crippen molar-refractivity contribution in [3.8, 4) is 0 Å². The van der Waals surface area contributed by atoms with Crippen LogP contribution in [0.5, 0.6) is 0 Å². The Morgan fingerprint density at radius 2 is 2.40 bits per heavy atom. The molecule has 0 amide bonds. The summed E-state index contributed by atoms with van der Waals surface area (Å²) >= 11 is 1.69. The minimum Gasteiger partial charge on any atom is -0.355 e. The molecule has 0 radical (unpaired) electrons. The highest BCUT2D eigenvalue weighted by atomic mass is 32.2. The van der Waals surface area contributed by atoms with Crippen molar-refractivity contribution in [2.45, 2.75) is 17.5 Å². The molecule has 1 aromatic heterocycles. The van der Waals surface area contributed by atoms with E-state index in [0.717, 1.165) is 23.9 Å². The highest BCUT2D eigenvalue weighted by Crippen LogP contribution is 2.21. The Labute approximate surface area is 95.3 Å². The third-order valence-electron chi connectivity index (χ3n) is 2.84. The van der Waals surface area contributed by atoms with E-state index < -0.39 is 0 Å². The van der Waals surface area contributed by atoms with Crippen LogP contribution in [0.15, 0.2) is 23.2 Å². The predicted octanol–water partition coefficient (Wildman–Crippen LogP) is 1.60. The van der Waals surface area contributed by atoms with E-state index in [1.165, 1.54) is 6.42 Å². The zero-order valence-corrected chi connectivity index (χ0v) is 10.0. The highest BCUT2D eigenvalue weighted by Gasteiger charge is 2.21. The molecule has 0 saturated carbocycles. The molecular weight excluding hydrogens is 206 g/mol. The lowest BCUT2D eigenvalue weighted by Gasteiger charge is -2.17. The molecule has 2 rings (SSSR count). The van der Waals surface area contributed by atoms with E-state index >= 15 is 0 Å². The van der Waals surface area contributed by atoms with Crippen molar-refractivity contribution in [3.63, 3.8) is 0 Å². The van der Waals surface area contributed by atoms with Gasteiger partial charge in [-0.15, -0.1) is 11.8 Å². The molecule has 0 aliphatic carbocycles. The molecule has 1 aliphatic rings. The van der Waals surface area contributed by atoms with E-state index in [2.05, 4.69) is 39.7 Å². The summed E-state index contributed by atoms with van der Waals surface area (Å²) in [6.07, 6.45) is 3.27. The molecule has 1 atom stereocenters. The first-order valence-corrected chi connectivity index (χ1v) is 6.49. The monoisotopic (exact) mass is 223 g/mol. The first-order chi connectivity index (χ1) is 7.33. The minimum atomic E-state index is 0.615. The van der Waals surface area contributed by atoms with Gasteiger partial charge >= 0.3 is 0 Å². The van der Waals surface area contributed by atoms with Crippen LogP contribution in [0.2, 0.25) is 0 Å². The third-order valence-corrected chi connectivity index (χ3v) is 3.48. The van der Waals surface area contributed by atoms with Gasteiger partial charge in [0.25, 0.3) is 0 Å². The zero-order chi connectivity index (χ0) is 10.7. The summed E-state index contributed by atoms with van der Waals surface area (Å²) in [5.41, 5.74) is 0. The highest BCUT2D eigenvalue weighted by molar-refractivity contribution is 7.98. The van der Waals surface area contributed by atoms with Gasteiger partial charge in [0.15, 0.2) is 0 Å². The Balaban J connectivity index is 2.09. The average molecular weight is 223 g/mol. The number of thioether (sulfide) groups is 1. The summed E-state index contributed by atoms with van der Waals surface area (Å²) in [7, 11) is 2.03. The maximum Gasteiger partial charge on any atom is 0.129 e. The number of hydrogen-bond donors (Lipinski definition) is 1. The molecular formula is C11H17N3S. The first-order valence-electron chi connectivity index (χ1n) is 5.26. The fourth-order valence-corrected chi connectivity index (χ4v) is 2.30. The number of nitrogens with zero attached hydrogens (tertiary/aromatic N) is 2. The number of rotatable bonds is 3. The van der Waals surface area contributed by atoms with Crippen molar-refractivity contribution >= 4 is 17.6 Å². The molecule has 4 heteroatoms. The van der Waals surface area contributed by atoms with Crippen LogP contribution in [0.3, 0.4) is 0 Å². The number of pyridine rings is 1. The van der Waals surface area contributed by atoms with Crippen molar-refractivity contribution in [2.24, 2.45) is 0 Å². The van der Waals surface area contributed by atoms with Crippen LogP contribution in [-0.2, 0) is 0 Å². The quantitative estimate of drug-likeness (QED) is 0.788. The van der Waals surface area contributed by atoms with Crippen LogP contribution in [0, 0.1) is 0 Å². The third kappa shape index (κ3) is 2.44. The van der Waals surface area contributed by atoms with Crippen molar-refractivity contribution in [1.82, 2.24) is 10.3 Å². The Bertz CT molecular complexity index is 329. The summed E-state index contributed by atoms with van der Waals surface area (Å²) in [5.74, 6) is 1.11. The van der Waals surface area contributed by atoms with Crippen LogP contribution in [0.25, 0.3) is 0 Å². The van der Waals surface area contributed by atoms with Crippen molar-refractivity contribution in [3.05, 3.63) is 18.2 Å². The molecule has 0 aromatic carbocycles. The van der Waals surface area contributed by atoms with Crippen LogP contribution in [0.1, 0.15) is 6.42 Å². The van der Waals surface area contributed by atoms with Crippen molar-refractivity contribution < 1.29 is 0 Å². The van der Waals surface area contributed by atoms with Gasteiger partial charge in [-0.3, -0.25) is 0 Å². The number of nitrogens with one attached hydrogen (secondary N) is 1. The fourth-order valence-electron chi connectivity index (χ4n) is 1.90. The van der Waals surface area contributed by atoms with Gasteiger partial charge in [-0.25, -0.2) is 4.98 Å². The molecule has 2 heterocycles. The SMILES string of the molecule is CN[C@H]1CCN(c2cccc(SC)n2)C1. The van der Waals surface area contributed by atoms with Gasteiger partial charge in [0.2, 0.25) is 0 Å². The largest absolute Gasteiger partial charge is 0.355 e. The Morgan fingerprint density at radius 3 is 3.07 bits per heavy atom. The van der Waals surface area contributed by atoms with Crippen LogP contribution in [-0.4, -0.2) is 37.4 Å². The van der Waals surface area contributed by atoms with Gasteiger partial charge in [0, 0.05) is 19.1 Å². The Hall–Kier alpha value is -0.740. The average Bonchev–Trinajstić information content (AvgIpc) is 2.78. The van der Waals surface area contributed by atoms with Gasteiger partial charge in [0.05, 0.1) is 5.03 Å². The number of aromatic nitrogens is 1. The maximum atomic E-state index is 4.60. The van der Waals surface area contributed by atoms with Crippen molar-refractivity contribution in [2.75, 3.05) is 31.3 Å². The summed E-state index contributed by atoms with van der Waals surface area (Å²) in [4.78, 5) is 6.95. The maximum absolute atomic E-state index is 4.60. The molecule has 1 saturated heterocycles. The number of anilines is 1. The number of likely N-dealkylation sites (N-methyl/N-ethyl adjacent to an activating group) is 1. The molecule has 0 bridgehead atoms. The Kier molecular flexibility index (Phi) is 3.49. The zero-order valence-electron chi connectivity index (χ0n) is 9.23. The van der Waals surface area contributed by atoms with Gasteiger partial charge < -0.3 is 10.2 Å². The lowest BCUT2D eigenvalue weighted by Crippen LogP contribution is -2.29. The molecule has 0 spiro atoms. The minimum absolute atomic E-state index is 0.615. The molecule has 1 aliphatic heterocycles. The number of hydrogen-bond acceptors (Lipinski definition) is 4. The van der Waals surface area contributed by atoms with E-state index in [4.69, 9.17) is 0 Å². The smallest absolute Gasteiger partial charge is 0.129 e. The summed E-state index contributed by atoms with van der Waals surface area (Å²) < 4.78 is 0. The summed E-state index contributed by atoms with van der Waals surface area (Å²) in [5, 5.41) is 4.42. The molecule has 82 valence electrons. The predicted molar refractivity (Wildman–Crippen MR) is 65.7 cm³/mol. The summed E-state index contributed by atoms with van der Waals surface area (Å²) in [6.45, 7) is 2.18. The molecule has 1 fully saturated rings. The van der Waals surface area contributed by atoms with Crippen LogP contribution in [0.4, 0.5) is 5.82 Å². The summed E-state index contributed by atoms with van der Waals surface area (Å²) in [6, 6.07) is 6.85. The molecule has 3 nitrogen and oxygen atoms in total. The lowest BCUT2D eigenvalue weighted by molar-refractivity contribution is 0.616.